The number of hydrogen-bond acceptors (Lipinski definition) is 2. The molecule has 2 N–H and O–H groups in total. The molecule has 0 aromatic carbocycles. The van der Waals surface area contributed by atoms with Crippen LogP contribution in [0.25, 0.3) is 0 Å². The molecule has 1 aliphatic rings. The van der Waals surface area contributed by atoms with Gasteiger partial charge in [0.1, 0.15) is 0 Å². The largest absolute Gasteiger partial charge is 0.323 e. The molecular weight excluding hydrogens is 162 g/mol. The molecular formula is C10H17N3. The summed E-state index contributed by atoms with van der Waals surface area (Å²) in [5.74, 6) is 0. The molecule has 0 spiro atoms. The van der Waals surface area contributed by atoms with Crippen LogP contribution in [0.3, 0.4) is 0 Å². The van der Waals surface area contributed by atoms with Crippen molar-refractivity contribution < 1.29 is 0 Å². The van der Waals surface area contributed by atoms with E-state index in [0.717, 1.165) is 6.54 Å². The third kappa shape index (κ3) is 1.48. The van der Waals surface area contributed by atoms with Gasteiger partial charge in [0, 0.05) is 24.3 Å². The topological polar surface area (TPSA) is 43.8 Å². The molecule has 2 rings (SSSR count). The summed E-state index contributed by atoms with van der Waals surface area (Å²) in [4.78, 5) is 0. The molecule has 0 radical (unpaired) electrons. The molecule has 1 heterocycles. The highest BCUT2D eigenvalue weighted by Crippen LogP contribution is 2.53. The Labute approximate surface area is 78.9 Å². The lowest BCUT2D eigenvalue weighted by Crippen LogP contribution is -2.19. The second-order valence-corrected chi connectivity index (χ2v) is 4.26. The van der Waals surface area contributed by atoms with E-state index in [9.17, 15) is 0 Å². The van der Waals surface area contributed by atoms with Crippen LogP contribution in [-0.2, 0) is 6.54 Å². The molecule has 1 aromatic heterocycles. The lowest BCUT2D eigenvalue weighted by molar-refractivity contribution is 0.450. The van der Waals surface area contributed by atoms with Crippen LogP contribution < -0.4 is 5.73 Å². The highest BCUT2D eigenvalue weighted by molar-refractivity contribution is 5.17. The van der Waals surface area contributed by atoms with Gasteiger partial charge in [0.15, 0.2) is 0 Å². The number of hydrogen-bond donors (Lipinski definition) is 1. The first kappa shape index (κ1) is 8.75. The van der Waals surface area contributed by atoms with E-state index in [4.69, 9.17) is 5.73 Å². The highest BCUT2D eigenvalue weighted by Gasteiger charge is 2.43. The maximum absolute atomic E-state index is 6.15. The number of nitrogens with two attached hydrogens (primary N) is 1. The Bertz CT molecular complexity index is 299. The number of aryl methyl sites for hydroxylation is 1. The van der Waals surface area contributed by atoms with E-state index >= 15 is 0 Å². The molecule has 0 saturated heterocycles. The third-order valence-corrected chi connectivity index (χ3v) is 3.13. The van der Waals surface area contributed by atoms with E-state index in [1.54, 1.807) is 0 Å². The molecule has 0 aliphatic heterocycles. The average molecular weight is 179 g/mol. The van der Waals surface area contributed by atoms with Crippen LogP contribution in [0.4, 0.5) is 0 Å². The zero-order chi connectivity index (χ0) is 9.47. The minimum atomic E-state index is 0.174. The van der Waals surface area contributed by atoms with Gasteiger partial charge in [-0.15, -0.1) is 0 Å². The summed E-state index contributed by atoms with van der Waals surface area (Å²) in [7, 11) is 0. The van der Waals surface area contributed by atoms with Crippen LogP contribution in [0.1, 0.15) is 38.3 Å². The first-order valence-corrected chi connectivity index (χ1v) is 4.93. The van der Waals surface area contributed by atoms with Gasteiger partial charge in [-0.25, -0.2) is 0 Å². The maximum atomic E-state index is 6.15. The predicted molar refractivity (Wildman–Crippen MR) is 52.2 cm³/mol. The van der Waals surface area contributed by atoms with Crippen molar-refractivity contribution in [2.24, 2.45) is 11.1 Å². The van der Waals surface area contributed by atoms with Crippen LogP contribution in [0.2, 0.25) is 0 Å². The summed E-state index contributed by atoms with van der Waals surface area (Å²) < 4.78 is 1.93. The fourth-order valence-electron chi connectivity index (χ4n) is 1.62. The van der Waals surface area contributed by atoms with Gasteiger partial charge in [0.2, 0.25) is 0 Å². The van der Waals surface area contributed by atoms with Gasteiger partial charge in [-0.05, 0) is 25.2 Å². The van der Waals surface area contributed by atoms with E-state index in [1.165, 1.54) is 18.4 Å². The summed E-state index contributed by atoms with van der Waals surface area (Å²) in [6, 6.07) is 0.174. The van der Waals surface area contributed by atoms with Gasteiger partial charge in [0.25, 0.3) is 0 Å². The quantitative estimate of drug-likeness (QED) is 0.767. The van der Waals surface area contributed by atoms with Crippen LogP contribution in [0.5, 0.6) is 0 Å². The lowest BCUT2D eigenvalue weighted by atomic mass is 9.95. The Balaban J connectivity index is 2.15. The fraction of sp³-hybridized carbons (Fsp3) is 0.700. The summed E-state index contributed by atoms with van der Waals surface area (Å²) in [5.41, 5.74) is 7.68. The fourth-order valence-corrected chi connectivity index (χ4v) is 1.62. The van der Waals surface area contributed by atoms with Crippen LogP contribution in [-0.4, -0.2) is 9.78 Å². The molecule has 3 nitrogen and oxygen atoms in total. The zero-order valence-electron chi connectivity index (χ0n) is 8.33. The van der Waals surface area contributed by atoms with Gasteiger partial charge in [-0.3, -0.25) is 4.68 Å². The van der Waals surface area contributed by atoms with Crippen LogP contribution in [0, 0.1) is 5.41 Å². The lowest BCUT2D eigenvalue weighted by Gasteiger charge is -2.16. The molecule has 0 bridgehead atoms. The summed E-state index contributed by atoms with van der Waals surface area (Å²) in [6.07, 6.45) is 6.48. The van der Waals surface area contributed by atoms with Crippen molar-refractivity contribution in [3.05, 3.63) is 18.0 Å². The van der Waals surface area contributed by atoms with Crippen molar-refractivity contribution in [2.45, 2.75) is 39.3 Å². The minimum absolute atomic E-state index is 0.174. The zero-order valence-corrected chi connectivity index (χ0v) is 8.33. The highest BCUT2D eigenvalue weighted by atomic mass is 15.3. The molecule has 13 heavy (non-hydrogen) atoms. The van der Waals surface area contributed by atoms with E-state index in [1.807, 2.05) is 10.9 Å². The Morgan fingerprint density at radius 3 is 2.85 bits per heavy atom. The Hall–Kier alpha value is -0.830. The Morgan fingerprint density at radius 2 is 2.38 bits per heavy atom. The van der Waals surface area contributed by atoms with Crippen molar-refractivity contribution in [3.63, 3.8) is 0 Å². The number of nitrogens with zero attached hydrogens (tertiary/aromatic N) is 2. The Morgan fingerprint density at radius 1 is 1.69 bits per heavy atom. The first-order chi connectivity index (χ1) is 6.15. The second kappa shape index (κ2) is 2.84. The van der Waals surface area contributed by atoms with Crippen molar-refractivity contribution in [1.29, 1.82) is 0 Å². The van der Waals surface area contributed by atoms with Crippen LogP contribution >= 0.6 is 0 Å². The molecule has 3 heteroatoms. The smallest absolute Gasteiger partial charge is 0.0537 e. The number of rotatable bonds is 3. The third-order valence-electron chi connectivity index (χ3n) is 3.13. The molecule has 1 atom stereocenters. The van der Waals surface area contributed by atoms with Gasteiger partial charge in [-0.1, -0.05) is 6.92 Å². The molecule has 1 aliphatic carbocycles. The second-order valence-electron chi connectivity index (χ2n) is 4.26. The van der Waals surface area contributed by atoms with Crippen molar-refractivity contribution in [2.75, 3.05) is 0 Å². The predicted octanol–water partition coefficient (Wildman–Crippen LogP) is 1.70. The van der Waals surface area contributed by atoms with E-state index < -0.39 is 0 Å². The molecule has 1 aromatic rings. The number of aromatic nitrogens is 2. The van der Waals surface area contributed by atoms with Gasteiger partial charge in [0.05, 0.1) is 6.20 Å². The molecule has 0 amide bonds. The maximum Gasteiger partial charge on any atom is 0.0537 e. The van der Waals surface area contributed by atoms with E-state index in [-0.39, 0.29) is 6.04 Å². The average Bonchev–Trinajstić information content (AvgIpc) is 2.71. The molecule has 1 unspecified atom stereocenters. The SMILES string of the molecule is CCn1cc(C(N)C2(C)CC2)cn1. The van der Waals surface area contributed by atoms with Crippen LogP contribution in [0.15, 0.2) is 12.4 Å². The van der Waals surface area contributed by atoms with E-state index in [0.29, 0.717) is 5.41 Å². The summed E-state index contributed by atoms with van der Waals surface area (Å²) >= 11 is 0. The van der Waals surface area contributed by atoms with Gasteiger partial charge in [-0.2, -0.15) is 5.10 Å². The normalized spacial score (nSPS) is 21.5. The molecule has 1 fully saturated rings. The Kier molecular flexibility index (Phi) is 1.91. The van der Waals surface area contributed by atoms with Gasteiger partial charge < -0.3 is 5.73 Å². The van der Waals surface area contributed by atoms with Crippen molar-refractivity contribution in [3.8, 4) is 0 Å². The summed E-state index contributed by atoms with van der Waals surface area (Å²) in [6.45, 7) is 5.26. The first-order valence-electron chi connectivity index (χ1n) is 4.93. The van der Waals surface area contributed by atoms with E-state index in [2.05, 4.69) is 25.1 Å². The van der Waals surface area contributed by atoms with Crippen molar-refractivity contribution >= 4 is 0 Å². The van der Waals surface area contributed by atoms with Crippen molar-refractivity contribution in [1.82, 2.24) is 9.78 Å². The molecule has 72 valence electrons. The summed E-state index contributed by atoms with van der Waals surface area (Å²) in [5, 5.41) is 4.23. The minimum Gasteiger partial charge on any atom is -0.323 e. The van der Waals surface area contributed by atoms with Gasteiger partial charge >= 0.3 is 0 Å². The standard InChI is InChI=1S/C10H17N3/c1-3-13-7-8(6-12-13)9(11)10(2)4-5-10/h6-7,9H,3-5,11H2,1-2H3. The monoisotopic (exact) mass is 179 g/mol. The molecule has 1 saturated carbocycles.